The van der Waals surface area contributed by atoms with Gasteiger partial charge in [-0.3, -0.25) is 4.79 Å². The first-order chi connectivity index (χ1) is 10.0. The molecule has 2 aromatic heterocycles. The Hall–Kier alpha value is -1.94. The van der Waals surface area contributed by atoms with Crippen LogP contribution in [0, 0.1) is 20.8 Å². The van der Waals surface area contributed by atoms with Gasteiger partial charge in [-0.15, -0.1) is 0 Å². The number of carbonyl (C=O) groups is 1. The number of hydrogen-bond acceptors (Lipinski definition) is 1. The van der Waals surface area contributed by atoms with Crippen molar-refractivity contribution in [3.63, 3.8) is 0 Å². The first-order valence-electron chi connectivity index (χ1n) is 7.12. The number of hydrogen-bond donors (Lipinski definition) is 0. The molecule has 3 rings (SSSR count). The third-order valence-corrected chi connectivity index (χ3v) is 3.82. The van der Waals surface area contributed by atoms with Crippen molar-refractivity contribution >= 4 is 11.4 Å². The number of carbonyl (C=O) groups excluding carboxylic acids is 1. The molecule has 2 heterocycles. The van der Waals surface area contributed by atoms with Gasteiger partial charge < -0.3 is 17.0 Å². The predicted octanol–water partition coefficient (Wildman–Crippen LogP) is 0.0390. The van der Waals surface area contributed by atoms with Gasteiger partial charge in [0.2, 0.25) is 5.78 Å². The zero-order chi connectivity index (χ0) is 15.0. The maximum absolute atomic E-state index is 12.5. The summed E-state index contributed by atoms with van der Waals surface area (Å²) >= 11 is 0. The van der Waals surface area contributed by atoms with Gasteiger partial charge >= 0.3 is 0 Å². The van der Waals surface area contributed by atoms with Crippen molar-refractivity contribution < 1.29 is 26.2 Å². The Morgan fingerprint density at radius 1 is 1.05 bits per heavy atom. The minimum absolute atomic E-state index is 0. The third-order valence-electron chi connectivity index (χ3n) is 3.82. The van der Waals surface area contributed by atoms with Crippen LogP contribution in [0.1, 0.15) is 27.2 Å². The quantitative estimate of drug-likeness (QED) is 0.479. The first kappa shape index (κ1) is 16.4. The molecule has 4 heteroatoms. The SMILES string of the molecule is Cc1ccc(C(=O)Cn2c(C)c[n+]3ccc(C)cc23)cc1.[Br-]. The Morgan fingerprint density at radius 2 is 1.73 bits per heavy atom. The number of fused-ring (bicyclic) bond motifs is 1. The lowest BCUT2D eigenvalue weighted by Crippen LogP contribution is -3.00. The van der Waals surface area contributed by atoms with Gasteiger partial charge in [0.05, 0.1) is 6.20 Å². The Morgan fingerprint density at radius 3 is 2.41 bits per heavy atom. The highest BCUT2D eigenvalue weighted by molar-refractivity contribution is 5.96. The Kier molecular flexibility index (Phi) is 4.81. The van der Waals surface area contributed by atoms with Crippen molar-refractivity contribution in [2.24, 2.45) is 0 Å². The smallest absolute Gasteiger partial charge is 0.287 e. The average Bonchev–Trinajstić information content (AvgIpc) is 2.76. The number of imidazole rings is 1. The maximum Gasteiger partial charge on any atom is 0.287 e. The summed E-state index contributed by atoms with van der Waals surface area (Å²) in [5.41, 5.74) is 5.26. The minimum Gasteiger partial charge on any atom is -1.00 e. The first-order valence-corrected chi connectivity index (χ1v) is 7.12. The second-order valence-electron chi connectivity index (χ2n) is 5.62. The molecule has 1 aromatic carbocycles. The van der Waals surface area contributed by atoms with Gasteiger partial charge in [-0.05, 0) is 25.5 Å². The summed E-state index contributed by atoms with van der Waals surface area (Å²) in [5, 5.41) is 0. The molecule has 114 valence electrons. The molecule has 0 atom stereocenters. The van der Waals surface area contributed by atoms with E-state index in [1.165, 1.54) is 11.1 Å². The number of aryl methyl sites for hydroxylation is 3. The van der Waals surface area contributed by atoms with Crippen LogP contribution in [0.5, 0.6) is 0 Å². The molecular formula is C18H19BrN2O. The van der Waals surface area contributed by atoms with E-state index in [1.807, 2.05) is 44.3 Å². The van der Waals surface area contributed by atoms with Crippen LogP contribution < -0.4 is 21.4 Å². The molecule has 22 heavy (non-hydrogen) atoms. The van der Waals surface area contributed by atoms with Crippen molar-refractivity contribution in [1.82, 2.24) is 4.57 Å². The maximum atomic E-state index is 12.5. The molecule has 0 spiro atoms. The highest BCUT2D eigenvalue weighted by Gasteiger charge is 2.18. The summed E-state index contributed by atoms with van der Waals surface area (Å²) < 4.78 is 4.12. The van der Waals surface area contributed by atoms with Crippen LogP contribution in [0.2, 0.25) is 0 Å². The van der Waals surface area contributed by atoms with E-state index in [4.69, 9.17) is 0 Å². The van der Waals surface area contributed by atoms with E-state index in [2.05, 4.69) is 34.2 Å². The van der Waals surface area contributed by atoms with Crippen LogP contribution in [0.15, 0.2) is 48.8 Å². The molecule has 0 N–H and O–H groups in total. The third kappa shape index (κ3) is 3.12. The molecule has 0 aliphatic heterocycles. The highest BCUT2D eigenvalue weighted by Crippen LogP contribution is 2.10. The molecular weight excluding hydrogens is 340 g/mol. The molecule has 3 aromatic rings. The summed E-state index contributed by atoms with van der Waals surface area (Å²) in [7, 11) is 0. The fourth-order valence-electron chi connectivity index (χ4n) is 2.56. The summed E-state index contributed by atoms with van der Waals surface area (Å²) in [6.07, 6.45) is 4.09. The molecule has 0 unspecified atom stereocenters. The van der Waals surface area contributed by atoms with Crippen molar-refractivity contribution in [3.05, 3.63) is 71.2 Å². The van der Waals surface area contributed by atoms with Gasteiger partial charge in [0.25, 0.3) is 5.65 Å². The second-order valence-corrected chi connectivity index (χ2v) is 5.62. The van der Waals surface area contributed by atoms with Gasteiger partial charge in [0.1, 0.15) is 11.9 Å². The van der Waals surface area contributed by atoms with Crippen LogP contribution >= 0.6 is 0 Å². The van der Waals surface area contributed by atoms with Crippen molar-refractivity contribution in [3.8, 4) is 0 Å². The van der Waals surface area contributed by atoms with E-state index < -0.39 is 0 Å². The molecule has 0 fully saturated rings. The molecule has 0 aliphatic carbocycles. The number of benzene rings is 1. The van der Waals surface area contributed by atoms with Gasteiger partial charge in [-0.2, -0.15) is 0 Å². The molecule has 0 saturated carbocycles. The van der Waals surface area contributed by atoms with Gasteiger partial charge in [0, 0.05) is 18.6 Å². The summed E-state index contributed by atoms with van der Waals surface area (Å²) in [5.74, 6) is 0.137. The zero-order valence-corrected chi connectivity index (χ0v) is 14.6. The van der Waals surface area contributed by atoms with Crippen LogP contribution in [-0.2, 0) is 6.54 Å². The molecule has 0 aliphatic rings. The van der Waals surface area contributed by atoms with E-state index >= 15 is 0 Å². The Bertz CT molecular complexity index is 819. The van der Waals surface area contributed by atoms with Crippen LogP contribution in [0.3, 0.4) is 0 Å². The second kappa shape index (κ2) is 6.44. The van der Waals surface area contributed by atoms with Gasteiger partial charge in [0.15, 0.2) is 6.54 Å². The van der Waals surface area contributed by atoms with E-state index in [0.29, 0.717) is 6.54 Å². The van der Waals surface area contributed by atoms with Crippen LogP contribution in [0.4, 0.5) is 0 Å². The summed E-state index contributed by atoms with van der Waals surface area (Å²) in [4.78, 5) is 12.5. The number of Topliss-reactive ketones (excluding diaryl/α,β-unsaturated/α-hetero) is 1. The number of halogens is 1. The predicted molar refractivity (Wildman–Crippen MR) is 82.6 cm³/mol. The normalized spacial score (nSPS) is 10.5. The fraction of sp³-hybridized carbons (Fsp3) is 0.222. The van der Waals surface area contributed by atoms with Crippen molar-refractivity contribution in [1.29, 1.82) is 0 Å². The highest BCUT2D eigenvalue weighted by atomic mass is 79.9. The minimum atomic E-state index is 0. The average molecular weight is 359 g/mol. The Labute approximate surface area is 141 Å². The number of pyridine rings is 1. The number of ketones is 1. The lowest BCUT2D eigenvalue weighted by atomic mass is 10.1. The number of aromatic nitrogens is 2. The lowest BCUT2D eigenvalue weighted by molar-refractivity contribution is -0.510. The molecule has 3 nitrogen and oxygen atoms in total. The fourth-order valence-corrected chi connectivity index (χ4v) is 2.56. The van der Waals surface area contributed by atoms with Gasteiger partial charge in [-0.25, -0.2) is 8.97 Å². The summed E-state index contributed by atoms with van der Waals surface area (Å²) in [6.45, 7) is 6.49. The Balaban J connectivity index is 0.00000176. The lowest BCUT2D eigenvalue weighted by Gasteiger charge is -2.02. The molecule has 0 amide bonds. The standard InChI is InChI=1S/C18H19N2O.BrH/c1-13-4-6-16(7-5-13)17(21)12-20-15(3)11-19-9-8-14(2)10-18(19)20;/h4-11H,12H2,1-3H3;1H/q+1;/p-1. The van der Waals surface area contributed by atoms with E-state index in [1.54, 1.807) is 0 Å². The number of nitrogens with zero attached hydrogens (tertiary/aromatic N) is 2. The molecule has 0 radical (unpaired) electrons. The van der Waals surface area contributed by atoms with Crippen LogP contribution in [0.25, 0.3) is 5.65 Å². The van der Waals surface area contributed by atoms with Crippen molar-refractivity contribution in [2.75, 3.05) is 0 Å². The van der Waals surface area contributed by atoms with E-state index in [9.17, 15) is 4.79 Å². The van der Waals surface area contributed by atoms with Crippen LogP contribution in [-0.4, -0.2) is 10.4 Å². The zero-order valence-electron chi connectivity index (χ0n) is 13.0. The molecule has 0 saturated heterocycles. The van der Waals surface area contributed by atoms with E-state index in [-0.39, 0.29) is 22.8 Å². The number of rotatable bonds is 3. The van der Waals surface area contributed by atoms with E-state index in [0.717, 1.165) is 16.9 Å². The monoisotopic (exact) mass is 358 g/mol. The molecule has 0 bridgehead atoms. The van der Waals surface area contributed by atoms with Gasteiger partial charge in [-0.1, -0.05) is 29.8 Å². The topological polar surface area (TPSA) is 26.1 Å². The summed E-state index contributed by atoms with van der Waals surface area (Å²) in [6, 6.07) is 11.9. The van der Waals surface area contributed by atoms with Crippen molar-refractivity contribution in [2.45, 2.75) is 27.3 Å². The largest absolute Gasteiger partial charge is 1.00 e.